The first-order chi connectivity index (χ1) is 9.36. The molecule has 0 aliphatic carbocycles. The fourth-order valence-electron chi connectivity index (χ4n) is 1.54. The first-order valence-electron chi connectivity index (χ1n) is 6.00. The van der Waals surface area contributed by atoms with Gasteiger partial charge in [0.2, 0.25) is 0 Å². The summed E-state index contributed by atoms with van der Waals surface area (Å²) in [6.07, 6.45) is 0. The molecule has 0 fully saturated rings. The number of hydrogen-bond acceptors (Lipinski definition) is 0. The lowest BCUT2D eigenvalue weighted by Crippen LogP contribution is -1.77. The van der Waals surface area contributed by atoms with E-state index in [0.29, 0.717) is 0 Å². The molecule has 3 aromatic carbocycles. The van der Waals surface area contributed by atoms with Gasteiger partial charge in [0.15, 0.2) is 0 Å². The third kappa shape index (κ3) is 4.40. The van der Waals surface area contributed by atoms with E-state index in [4.69, 9.17) is 0 Å². The van der Waals surface area contributed by atoms with E-state index < -0.39 is 0 Å². The minimum absolute atomic E-state index is 0.209. The molecule has 3 rings (SSSR count). The lowest BCUT2D eigenvalue weighted by molar-refractivity contribution is 0.628. The molecule has 0 saturated carbocycles. The van der Waals surface area contributed by atoms with E-state index in [-0.39, 0.29) is 5.82 Å². The summed E-state index contributed by atoms with van der Waals surface area (Å²) in [5.41, 5.74) is 1.98. The molecular weight excluding hydrogens is 235 g/mol. The van der Waals surface area contributed by atoms with Crippen LogP contribution in [0.4, 0.5) is 4.39 Å². The third-order valence-electron chi connectivity index (χ3n) is 2.47. The average molecular weight is 248 g/mol. The molecule has 0 aromatic heterocycles. The van der Waals surface area contributed by atoms with Gasteiger partial charge in [0.05, 0.1) is 0 Å². The van der Waals surface area contributed by atoms with Crippen LogP contribution in [-0.4, -0.2) is 0 Å². The Kier molecular flexibility index (Phi) is 4.88. The van der Waals surface area contributed by atoms with Crippen molar-refractivity contribution in [1.82, 2.24) is 0 Å². The predicted molar refractivity (Wildman–Crippen MR) is 76.0 cm³/mol. The van der Waals surface area contributed by atoms with E-state index in [1.807, 2.05) is 54.6 Å². The summed E-state index contributed by atoms with van der Waals surface area (Å²) in [5.74, 6) is -0.209. The van der Waals surface area contributed by atoms with Crippen LogP contribution in [0.15, 0.2) is 78.9 Å². The first kappa shape index (κ1) is 13.0. The largest absolute Gasteiger partial charge is 0.207 e. The average Bonchev–Trinajstić information content (AvgIpc) is 2.51. The van der Waals surface area contributed by atoms with E-state index >= 15 is 0 Å². The Hall–Kier alpha value is -2.41. The van der Waals surface area contributed by atoms with E-state index in [1.54, 1.807) is 12.1 Å². The molecule has 0 unspecified atom stereocenters. The van der Waals surface area contributed by atoms with Crippen LogP contribution >= 0.6 is 0 Å². The standard InChI is InChI=1S/C12H8F.C6H5/c13-12-8-6-11(7-9-12)10-4-2-1-3-5-10;1-2-4-6-5-3-1/h1-4,6-9H;1-5H. The van der Waals surface area contributed by atoms with E-state index in [1.165, 1.54) is 12.1 Å². The molecular formula is C18H13F. The van der Waals surface area contributed by atoms with Crippen molar-refractivity contribution in [3.05, 3.63) is 96.8 Å². The van der Waals surface area contributed by atoms with Crippen LogP contribution in [0.3, 0.4) is 0 Å². The van der Waals surface area contributed by atoms with Gasteiger partial charge in [-0.2, -0.15) is 0 Å². The van der Waals surface area contributed by atoms with Gasteiger partial charge in [0.25, 0.3) is 0 Å². The van der Waals surface area contributed by atoms with Crippen molar-refractivity contribution in [2.75, 3.05) is 0 Å². The molecule has 0 bridgehead atoms. The van der Waals surface area contributed by atoms with Crippen LogP contribution in [0, 0.1) is 17.9 Å². The molecule has 0 N–H and O–H groups in total. The molecule has 1 heteroatoms. The molecule has 0 amide bonds. The number of halogens is 1. The van der Waals surface area contributed by atoms with Gasteiger partial charge in [0, 0.05) is 0 Å². The fraction of sp³-hybridized carbons (Fsp3) is 0. The highest BCUT2D eigenvalue weighted by molar-refractivity contribution is 5.62. The first-order valence-corrected chi connectivity index (χ1v) is 6.00. The fourth-order valence-corrected chi connectivity index (χ4v) is 1.54. The van der Waals surface area contributed by atoms with Crippen molar-refractivity contribution in [3.8, 4) is 11.1 Å². The topological polar surface area (TPSA) is 0 Å². The third-order valence-corrected chi connectivity index (χ3v) is 2.47. The Morgan fingerprint density at radius 1 is 0.684 bits per heavy atom. The van der Waals surface area contributed by atoms with Crippen molar-refractivity contribution in [2.45, 2.75) is 0 Å². The van der Waals surface area contributed by atoms with Crippen LogP contribution in [0.5, 0.6) is 0 Å². The van der Waals surface area contributed by atoms with Crippen molar-refractivity contribution < 1.29 is 4.39 Å². The maximum Gasteiger partial charge on any atom is 0.123 e. The summed E-state index contributed by atoms with van der Waals surface area (Å²) in [4.78, 5) is 0. The minimum Gasteiger partial charge on any atom is -0.207 e. The SMILES string of the molecule is Fc1ccc(-c2[c]cccc2)cc1.[c]1ccccc1. The molecule has 92 valence electrons. The predicted octanol–water partition coefficient (Wildman–Crippen LogP) is 4.78. The summed E-state index contributed by atoms with van der Waals surface area (Å²) >= 11 is 0. The monoisotopic (exact) mass is 248 g/mol. The summed E-state index contributed by atoms with van der Waals surface area (Å²) in [7, 11) is 0. The summed E-state index contributed by atoms with van der Waals surface area (Å²) in [5, 5.41) is 0. The zero-order chi connectivity index (χ0) is 13.3. The highest BCUT2D eigenvalue weighted by Gasteiger charge is 1.95. The quantitative estimate of drug-likeness (QED) is 0.581. The second-order valence-electron chi connectivity index (χ2n) is 3.86. The second kappa shape index (κ2) is 7.12. The van der Waals surface area contributed by atoms with Crippen LogP contribution in [0.2, 0.25) is 0 Å². The molecule has 0 heterocycles. The highest BCUT2D eigenvalue weighted by Crippen LogP contribution is 2.17. The van der Waals surface area contributed by atoms with E-state index in [2.05, 4.69) is 12.1 Å². The Labute approximate surface area is 113 Å². The lowest BCUT2D eigenvalue weighted by Gasteiger charge is -1.99. The van der Waals surface area contributed by atoms with Crippen molar-refractivity contribution >= 4 is 0 Å². The summed E-state index contributed by atoms with van der Waals surface area (Å²) in [6, 6.07) is 29.6. The van der Waals surface area contributed by atoms with E-state index in [0.717, 1.165) is 11.1 Å². The van der Waals surface area contributed by atoms with Gasteiger partial charge in [-0.05, 0) is 35.4 Å². The maximum absolute atomic E-state index is 12.6. The van der Waals surface area contributed by atoms with Gasteiger partial charge in [-0.1, -0.05) is 66.7 Å². The smallest absolute Gasteiger partial charge is 0.123 e. The minimum atomic E-state index is -0.209. The zero-order valence-electron chi connectivity index (χ0n) is 10.4. The van der Waals surface area contributed by atoms with Gasteiger partial charge in [-0.15, -0.1) is 0 Å². The Bertz CT molecular complexity index is 544. The highest BCUT2D eigenvalue weighted by atomic mass is 19.1. The molecule has 19 heavy (non-hydrogen) atoms. The molecule has 0 saturated heterocycles. The zero-order valence-corrected chi connectivity index (χ0v) is 10.4. The molecule has 3 aromatic rings. The second-order valence-corrected chi connectivity index (χ2v) is 3.86. The van der Waals surface area contributed by atoms with Gasteiger partial charge < -0.3 is 0 Å². The molecule has 2 radical (unpaired) electrons. The molecule has 0 spiro atoms. The molecule has 0 nitrogen and oxygen atoms in total. The van der Waals surface area contributed by atoms with Gasteiger partial charge in [0.1, 0.15) is 5.82 Å². The van der Waals surface area contributed by atoms with Crippen molar-refractivity contribution in [3.63, 3.8) is 0 Å². The van der Waals surface area contributed by atoms with Crippen LogP contribution in [0.25, 0.3) is 11.1 Å². The molecule has 0 aliphatic heterocycles. The van der Waals surface area contributed by atoms with Crippen molar-refractivity contribution in [2.24, 2.45) is 0 Å². The van der Waals surface area contributed by atoms with Crippen molar-refractivity contribution in [1.29, 1.82) is 0 Å². The Morgan fingerprint density at radius 2 is 1.37 bits per heavy atom. The normalized spacial score (nSPS) is 9.32. The van der Waals surface area contributed by atoms with Gasteiger partial charge >= 0.3 is 0 Å². The number of benzene rings is 3. The van der Waals surface area contributed by atoms with E-state index in [9.17, 15) is 4.39 Å². The maximum atomic E-state index is 12.6. The molecule has 0 aliphatic rings. The summed E-state index contributed by atoms with van der Waals surface area (Å²) in [6.45, 7) is 0. The number of hydrogen-bond donors (Lipinski definition) is 0. The Balaban J connectivity index is 0.000000186. The van der Waals surface area contributed by atoms with Gasteiger partial charge in [-0.25, -0.2) is 4.39 Å². The van der Waals surface area contributed by atoms with Crippen LogP contribution in [0.1, 0.15) is 0 Å². The number of rotatable bonds is 1. The summed E-state index contributed by atoms with van der Waals surface area (Å²) < 4.78 is 12.6. The molecule has 0 atom stereocenters. The Morgan fingerprint density at radius 3 is 1.84 bits per heavy atom. The van der Waals surface area contributed by atoms with Crippen LogP contribution < -0.4 is 0 Å². The lowest BCUT2D eigenvalue weighted by atomic mass is 10.1. The van der Waals surface area contributed by atoms with Gasteiger partial charge in [-0.3, -0.25) is 0 Å². The van der Waals surface area contributed by atoms with Crippen LogP contribution in [-0.2, 0) is 0 Å².